The molecule has 1 aliphatic rings. The van der Waals surface area contributed by atoms with Crippen molar-refractivity contribution in [1.29, 1.82) is 0 Å². The Bertz CT molecular complexity index is 198. The molecule has 0 atom stereocenters. The summed E-state index contributed by atoms with van der Waals surface area (Å²) in [6, 6.07) is 0. The number of likely N-dealkylation sites (tertiary alicyclic amines) is 1. The van der Waals surface area contributed by atoms with E-state index in [4.69, 9.17) is 0 Å². The summed E-state index contributed by atoms with van der Waals surface area (Å²) >= 11 is 0. The van der Waals surface area contributed by atoms with Gasteiger partial charge in [-0.05, 0) is 0 Å². The highest BCUT2D eigenvalue weighted by molar-refractivity contribution is 5.85. The van der Waals surface area contributed by atoms with E-state index in [1.807, 2.05) is 13.8 Å². The quantitative estimate of drug-likeness (QED) is 0.665. The second kappa shape index (κ2) is 3.62. The molecule has 0 aromatic heterocycles. The fraction of sp³-hybridized carbons (Fsp3) is 0.889. The van der Waals surface area contributed by atoms with Gasteiger partial charge in [-0.2, -0.15) is 0 Å². The largest absolute Gasteiger partial charge is 0.345 e. The SMILES string of the molecule is CCC([NH3+])(CC)C(=O)N1CC(F)C1. The monoisotopic (exact) mass is 189 g/mol. The lowest BCUT2D eigenvalue weighted by Crippen LogP contribution is -2.79. The third kappa shape index (κ3) is 1.82. The number of quaternary nitrogens is 1. The van der Waals surface area contributed by atoms with E-state index in [-0.39, 0.29) is 19.0 Å². The summed E-state index contributed by atoms with van der Waals surface area (Å²) in [5.74, 6) is 0.00593. The first-order chi connectivity index (χ1) is 6.03. The zero-order valence-electron chi connectivity index (χ0n) is 8.35. The van der Waals surface area contributed by atoms with Gasteiger partial charge in [0.25, 0.3) is 5.91 Å². The summed E-state index contributed by atoms with van der Waals surface area (Å²) in [6.45, 7) is 4.41. The van der Waals surface area contributed by atoms with E-state index in [1.165, 1.54) is 0 Å². The third-order valence-electron chi connectivity index (χ3n) is 2.93. The van der Waals surface area contributed by atoms with E-state index >= 15 is 0 Å². The summed E-state index contributed by atoms with van der Waals surface area (Å²) in [5, 5.41) is 0. The zero-order chi connectivity index (χ0) is 10.1. The molecule has 0 spiro atoms. The van der Waals surface area contributed by atoms with E-state index < -0.39 is 11.7 Å². The second-order valence-electron chi connectivity index (χ2n) is 3.79. The average Bonchev–Trinajstić information content (AvgIpc) is 2.10. The lowest BCUT2D eigenvalue weighted by molar-refractivity contribution is -0.462. The highest BCUT2D eigenvalue weighted by atomic mass is 19.1. The van der Waals surface area contributed by atoms with E-state index in [2.05, 4.69) is 5.73 Å². The Labute approximate surface area is 78.1 Å². The van der Waals surface area contributed by atoms with Crippen molar-refractivity contribution in [2.75, 3.05) is 13.1 Å². The Morgan fingerprint density at radius 1 is 1.54 bits per heavy atom. The van der Waals surface area contributed by atoms with Crippen LogP contribution in [0.1, 0.15) is 26.7 Å². The van der Waals surface area contributed by atoms with Gasteiger partial charge >= 0.3 is 0 Å². The highest BCUT2D eigenvalue weighted by Crippen LogP contribution is 2.19. The molecule has 0 radical (unpaired) electrons. The minimum Gasteiger partial charge on any atom is -0.345 e. The maximum Gasteiger partial charge on any atom is 0.283 e. The van der Waals surface area contributed by atoms with Gasteiger partial charge < -0.3 is 10.6 Å². The number of rotatable bonds is 3. The normalized spacial score (nSPS) is 18.6. The maximum atomic E-state index is 12.5. The molecule has 0 unspecified atom stereocenters. The van der Waals surface area contributed by atoms with Crippen LogP contribution in [0.2, 0.25) is 0 Å². The van der Waals surface area contributed by atoms with Crippen molar-refractivity contribution >= 4 is 5.91 Å². The number of alkyl halides is 1. The predicted octanol–water partition coefficient (Wildman–Crippen LogP) is -0.0326. The fourth-order valence-corrected chi connectivity index (χ4v) is 1.48. The number of hydrogen-bond acceptors (Lipinski definition) is 1. The lowest BCUT2D eigenvalue weighted by atomic mass is 9.91. The molecule has 3 nitrogen and oxygen atoms in total. The van der Waals surface area contributed by atoms with Crippen LogP contribution in [0, 0.1) is 0 Å². The standard InChI is InChI=1S/C9H17FN2O/c1-3-9(11,4-2)8(13)12-5-7(10)6-12/h7H,3-6,11H2,1-2H3/p+1. The minimum absolute atomic E-state index is 0.00593. The van der Waals surface area contributed by atoms with Gasteiger partial charge in [0.2, 0.25) is 0 Å². The van der Waals surface area contributed by atoms with Crippen molar-refractivity contribution in [2.45, 2.75) is 38.4 Å². The second-order valence-corrected chi connectivity index (χ2v) is 3.79. The summed E-state index contributed by atoms with van der Waals surface area (Å²) < 4.78 is 12.5. The first kappa shape index (κ1) is 10.4. The molecule has 1 fully saturated rings. The molecule has 1 aliphatic heterocycles. The number of carbonyl (C=O) groups excluding carboxylic acids is 1. The molecule has 76 valence electrons. The molecule has 0 aromatic rings. The van der Waals surface area contributed by atoms with Gasteiger partial charge in [-0.25, -0.2) is 4.39 Å². The van der Waals surface area contributed by atoms with Gasteiger partial charge in [-0.1, -0.05) is 13.8 Å². The first-order valence-corrected chi connectivity index (χ1v) is 4.82. The van der Waals surface area contributed by atoms with Gasteiger partial charge in [0.1, 0.15) is 6.17 Å². The number of hydrogen-bond donors (Lipinski definition) is 1. The average molecular weight is 189 g/mol. The molecular weight excluding hydrogens is 171 g/mol. The molecule has 4 heteroatoms. The zero-order valence-corrected chi connectivity index (χ0v) is 8.35. The van der Waals surface area contributed by atoms with Crippen LogP contribution in [-0.2, 0) is 4.79 Å². The lowest BCUT2D eigenvalue weighted by Gasteiger charge is -2.38. The summed E-state index contributed by atoms with van der Waals surface area (Å²) in [7, 11) is 0. The molecule has 1 heterocycles. The van der Waals surface area contributed by atoms with Crippen molar-refractivity contribution in [2.24, 2.45) is 0 Å². The molecule has 1 amide bonds. The smallest absolute Gasteiger partial charge is 0.283 e. The molecular formula is C9H18FN2O+. The van der Waals surface area contributed by atoms with E-state index in [1.54, 1.807) is 4.90 Å². The van der Waals surface area contributed by atoms with Crippen molar-refractivity contribution in [3.05, 3.63) is 0 Å². The number of amides is 1. The molecule has 0 aliphatic carbocycles. The number of nitrogens with zero attached hydrogens (tertiary/aromatic N) is 1. The maximum absolute atomic E-state index is 12.5. The molecule has 1 saturated heterocycles. The van der Waals surface area contributed by atoms with Gasteiger partial charge in [0.15, 0.2) is 5.54 Å². The number of carbonyl (C=O) groups is 1. The topological polar surface area (TPSA) is 48.0 Å². The summed E-state index contributed by atoms with van der Waals surface area (Å²) in [5.41, 5.74) is 3.39. The van der Waals surface area contributed by atoms with Crippen LogP contribution in [0.25, 0.3) is 0 Å². The Kier molecular flexibility index (Phi) is 2.91. The Balaban J connectivity index is 2.55. The van der Waals surface area contributed by atoms with Gasteiger partial charge in [0.05, 0.1) is 13.1 Å². The van der Waals surface area contributed by atoms with Crippen LogP contribution in [0.5, 0.6) is 0 Å². The van der Waals surface area contributed by atoms with Crippen molar-refractivity contribution in [3.63, 3.8) is 0 Å². The molecule has 3 N–H and O–H groups in total. The Morgan fingerprint density at radius 3 is 2.31 bits per heavy atom. The van der Waals surface area contributed by atoms with Crippen LogP contribution >= 0.6 is 0 Å². The van der Waals surface area contributed by atoms with Crippen LogP contribution in [-0.4, -0.2) is 35.6 Å². The first-order valence-electron chi connectivity index (χ1n) is 4.82. The van der Waals surface area contributed by atoms with E-state index in [0.717, 1.165) is 12.8 Å². The Morgan fingerprint density at radius 2 is 2.00 bits per heavy atom. The van der Waals surface area contributed by atoms with Crippen LogP contribution in [0.4, 0.5) is 4.39 Å². The molecule has 0 aromatic carbocycles. The molecule has 0 bridgehead atoms. The molecule has 13 heavy (non-hydrogen) atoms. The molecule has 0 saturated carbocycles. The van der Waals surface area contributed by atoms with Crippen LogP contribution in [0.3, 0.4) is 0 Å². The van der Waals surface area contributed by atoms with Crippen molar-refractivity contribution < 1.29 is 14.9 Å². The minimum atomic E-state index is -0.818. The van der Waals surface area contributed by atoms with Gasteiger partial charge in [0, 0.05) is 12.8 Å². The van der Waals surface area contributed by atoms with E-state index in [0.29, 0.717) is 0 Å². The fourth-order valence-electron chi connectivity index (χ4n) is 1.48. The van der Waals surface area contributed by atoms with Crippen LogP contribution in [0.15, 0.2) is 0 Å². The van der Waals surface area contributed by atoms with E-state index in [9.17, 15) is 9.18 Å². The van der Waals surface area contributed by atoms with Crippen molar-refractivity contribution in [3.8, 4) is 0 Å². The number of halogens is 1. The van der Waals surface area contributed by atoms with Gasteiger partial charge in [-0.3, -0.25) is 4.79 Å². The highest BCUT2D eigenvalue weighted by Gasteiger charge is 2.42. The molecule has 1 rings (SSSR count). The summed E-state index contributed by atoms with van der Waals surface area (Å²) in [4.78, 5) is 13.3. The van der Waals surface area contributed by atoms with Gasteiger partial charge in [-0.15, -0.1) is 0 Å². The third-order valence-corrected chi connectivity index (χ3v) is 2.93. The summed E-state index contributed by atoms with van der Waals surface area (Å²) in [6.07, 6.45) is 0.618. The predicted molar refractivity (Wildman–Crippen MR) is 47.7 cm³/mol. The Hall–Kier alpha value is -0.640. The van der Waals surface area contributed by atoms with Crippen molar-refractivity contribution in [1.82, 2.24) is 4.90 Å². The van der Waals surface area contributed by atoms with Crippen LogP contribution < -0.4 is 5.73 Å².